The summed E-state index contributed by atoms with van der Waals surface area (Å²) in [7, 11) is -2.03. The van der Waals surface area contributed by atoms with Gasteiger partial charge in [-0.1, -0.05) is 30.7 Å². The summed E-state index contributed by atoms with van der Waals surface area (Å²) in [5.41, 5.74) is 3.42. The summed E-state index contributed by atoms with van der Waals surface area (Å²) < 4.78 is 31.8. The number of hydrogen-bond donors (Lipinski definition) is 1. The highest BCUT2D eigenvalue weighted by atomic mass is 32.2. The van der Waals surface area contributed by atoms with Crippen molar-refractivity contribution in [1.82, 2.24) is 14.7 Å². The number of para-hydroxylation sites is 1. The van der Waals surface area contributed by atoms with Gasteiger partial charge in [-0.05, 0) is 56.5 Å². The molecule has 3 aromatic rings. The number of rotatable bonds is 5. The zero-order valence-corrected chi connectivity index (χ0v) is 20.5. The summed E-state index contributed by atoms with van der Waals surface area (Å²) in [5, 5.41) is 7.18. The van der Waals surface area contributed by atoms with Crippen LogP contribution < -0.4 is 5.32 Å². The first kappa shape index (κ1) is 23.7. The van der Waals surface area contributed by atoms with E-state index in [2.05, 4.69) is 14.8 Å². The Labute approximate surface area is 200 Å². The number of sulfonamides is 1. The summed E-state index contributed by atoms with van der Waals surface area (Å²) in [5.74, 6) is 0.216. The number of nitrogens with zero attached hydrogens (tertiary/aromatic N) is 4. The molecule has 0 radical (unpaired) electrons. The maximum atomic E-state index is 13.0. The van der Waals surface area contributed by atoms with Crippen molar-refractivity contribution in [3.05, 3.63) is 71.5 Å². The zero-order valence-electron chi connectivity index (χ0n) is 19.7. The minimum atomic E-state index is -3.90. The Morgan fingerprint density at radius 3 is 2.65 bits per heavy atom. The third-order valence-electron chi connectivity index (χ3n) is 6.05. The van der Waals surface area contributed by atoms with Crippen LogP contribution in [0.2, 0.25) is 0 Å². The smallest absolute Gasteiger partial charge is 0.284 e. The van der Waals surface area contributed by atoms with E-state index < -0.39 is 10.0 Å². The van der Waals surface area contributed by atoms with Crippen LogP contribution in [-0.2, 0) is 10.0 Å². The van der Waals surface area contributed by atoms with E-state index in [0.717, 1.165) is 37.1 Å². The average Bonchev–Trinajstić information content (AvgIpc) is 3.08. The number of likely N-dealkylation sites (tertiary alicyclic amines) is 1. The van der Waals surface area contributed by atoms with Crippen LogP contribution in [0.3, 0.4) is 0 Å². The van der Waals surface area contributed by atoms with E-state index in [0.29, 0.717) is 29.2 Å². The second-order valence-corrected chi connectivity index (χ2v) is 10.1. The van der Waals surface area contributed by atoms with Crippen molar-refractivity contribution in [3.63, 3.8) is 0 Å². The molecule has 1 amide bonds. The van der Waals surface area contributed by atoms with Gasteiger partial charge in [0.1, 0.15) is 5.84 Å². The number of anilines is 1. The van der Waals surface area contributed by atoms with Crippen molar-refractivity contribution in [2.45, 2.75) is 44.4 Å². The molecule has 9 heteroatoms. The van der Waals surface area contributed by atoms with Gasteiger partial charge in [0.05, 0.1) is 28.0 Å². The number of carbonyl (C=O) groups excluding carboxylic acids is 1. The number of benzene rings is 2. The van der Waals surface area contributed by atoms with Crippen LogP contribution in [0.4, 0.5) is 5.69 Å². The van der Waals surface area contributed by atoms with Crippen LogP contribution in [0.15, 0.2) is 64.0 Å². The van der Waals surface area contributed by atoms with Gasteiger partial charge >= 0.3 is 0 Å². The standard InChI is InChI=1S/C25H29N5O3S/c1-18-10-6-7-13-23(18)30-19(2)22(17-26-30)25(31)27-20-11-9-12-21(16-20)34(32,33)28-24-14-5-4-8-15-29(24)3/h6-7,9-13,16-17H,4-5,8,14-15H2,1-3H3,(H,27,31)/b28-24+. The van der Waals surface area contributed by atoms with Crippen molar-refractivity contribution in [2.75, 3.05) is 18.9 Å². The number of hydrogen-bond acceptors (Lipinski definition) is 4. The predicted molar refractivity (Wildman–Crippen MR) is 133 cm³/mol. The van der Waals surface area contributed by atoms with Crippen LogP contribution in [0.5, 0.6) is 0 Å². The van der Waals surface area contributed by atoms with E-state index in [1.54, 1.807) is 16.8 Å². The van der Waals surface area contributed by atoms with Crippen LogP contribution in [0.1, 0.15) is 47.3 Å². The van der Waals surface area contributed by atoms with Gasteiger partial charge in [-0.15, -0.1) is 4.40 Å². The van der Waals surface area contributed by atoms with Crippen molar-refractivity contribution < 1.29 is 13.2 Å². The van der Waals surface area contributed by atoms with Crippen molar-refractivity contribution in [1.29, 1.82) is 0 Å². The molecule has 1 aromatic heterocycles. The van der Waals surface area contributed by atoms with Crippen molar-refractivity contribution >= 4 is 27.5 Å². The van der Waals surface area contributed by atoms with Crippen LogP contribution in [0.25, 0.3) is 5.69 Å². The molecule has 178 valence electrons. The lowest BCUT2D eigenvalue weighted by Crippen LogP contribution is -2.26. The molecule has 0 saturated carbocycles. The highest BCUT2D eigenvalue weighted by Crippen LogP contribution is 2.22. The molecule has 8 nitrogen and oxygen atoms in total. The number of amidine groups is 1. The van der Waals surface area contributed by atoms with Gasteiger partial charge in [0.15, 0.2) is 0 Å². The van der Waals surface area contributed by atoms with E-state index in [9.17, 15) is 13.2 Å². The molecular formula is C25H29N5O3S. The topological polar surface area (TPSA) is 96.7 Å². The quantitative estimate of drug-likeness (QED) is 0.587. The number of aromatic nitrogens is 2. The van der Waals surface area contributed by atoms with Gasteiger partial charge in [0.25, 0.3) is 15.9 Å². The zero-order chi connectivity index (χ0) is 24.3. The van der Waals surface area contributed by atoms with Gasteiger partial charge in [-0.2, -0.15) is 13.5 Å². The molecule has 1 fully saturated rings. The molecule has 2 heterocycles. The molecule has 1 N–H and O–H groups in total. The fourth-order valence-corrected chi connectivity index (χ4v) is 5.18. The van der Waals surface area contributed by atoms with Crippen molar-refractivity contribution in [2.24, 2.45) is 4.40 Å². The van der Waals surface area contributed by atoms with E-state index in [1.807, 2.05) is 50.1 Å². The molecule has 4 rings (SSSR count). The first-order valence-corrected chi connectivity index (χ1v) is 12.8. The Bertz CT molecular complexity index is 1340. The van der Waals surface area contributed by atoms with Gasteiger partial charge in [0.2, 0.25) is 0 Å². The number of carbonyl (C=O) groups is 1. The minimum Gasteiger partial charge on any atom is -0.362 e. The highest BCUT2D eigenvalue weighted by Gasteiger charge is 2.20. The Hall–Kier alpha value is -3.46. The van der Waals surface area contributed by atoms with E-state index in [1.165, 1.54) is 18.3 Å². The summed E-state index contributed by atoms with van der Waals surface area (Å²) in [6.45, 7) is 4.60. The number of amides is 1. The molecule has 0 unspecified atom stereocenters. The first-order chi connectivity index (χ1) is 16.3. The van der Waals surface area contributed by atoms with Crippen molar-refractivity contribution in [3.8, 4) is 5.69 Å². The number of aryl methyl sites for hydroxylation is 1. The average molecular weight is 480 g/mol. The maximum absolute atomic E-state index is 13.0. The Kier molecular flexibility index (Phi) is 6.83. The Morgan fingerprint density at radius 2 is 1.85 bits per heavy atom. The lowest BCUT2D eigenvalue weighted by atomic mass is 10.2. The van der Waals surface area contributed by atoms with E-state index in [-0.39, 0.29) is 10.8 Å². The molecule has 0 spiro atoms. The predicted octanol–water partition coefficient (Wildman–Crippen LogP) is 4.33. The molecule has 0 aliphatic carbocycles. The second kappa shape index (κ2) is 9.80. The first-order valence-electron chi connectivity index (χ1n) is 11.3. The summed E-state index contributed by atoms with van der Waals surface area (Å²) in [6.07, 6.45) is 5.16. The van der Waals surface area contributed by atoms with Crippen LogP contribution >= 0.6 is 0 Å². The Morgan fingerprint density at radius 1 is 1.06 bits per heavy atom. The fraction of sp³-hybridized carbons (Fsp3) is 0.320. The normalized spacial score (nSPS) is 15.9. The number of nitrogens with one attached hydrogen (secondary N) is 1. The van der Waals surface area contributed by atoms with E-state index >= 15 is 0 Å². The van der Waals surface area contributed by atoms with Gasteiger partial charge in [0, 0.05) is 25.7 Å². The summed E-state index contributed by atoms with van der Waals surface area (Å²) in [4.78, 5) is 14.9. The molecule has 0 bridgehead atoms. The molecule has 1 aliphatic heterocycles. The largest absolute Gasteiger partial charge is 0.362 e. The van der Waals surface area contributed by atoms with Gasteiger partial charge in [-0.25, -0.2) is 4.68 Å². The maximum Gasteiger partial charge on any atom is 0.284 e. The summed E-state index contributed by atoms with van der Waals surface area (Å²) >= 11 is 0. The third kappa shape index (κ3) is 5.04. The molecule has 1 saturated heterocycles. The van der Waals surface area contributed by atoms with Gasteiger partial charge in [-0.3, -0.25) is 4.79 Å². The molecule has 0 atom stereocenters. The lowest BCUT2D eigenvalue weighted by Gasteiger charge is -2.17. The molecule has 2 aromatic carbocycles. The minimum absolute atomic E-state index is 0.0442. The second-order valence-electron chi connectivity index (χ2n) is 8.54. The molecule has 34 heavy (non-hydrogen) atoms. The summed E-state index contributed by atoms with van der Waals surface area (Å²) in [6, 6.07) is 14.0. The Balaban J connectivity index is 1.56. The lowest BCUT2D eigenvalue weighted by molar-refractivity contribution is 0.102. The molecular weight excluding hydrogens is 450 g/mol. The molecule has 1 aliphatic rings. The van der Waals surface area contributed by atoms with Crippen LogP contribution in [0, 0.1) is 13.8 Å². The fourth-order valence-electron chi connectivity index (χ4n) is 4.04. The van der Waals surface area contributed by atoms with E-state index in [4.69, 9.17) is 0 Å². The van der Waals surface area contributed by atoms with Crippen LogP contribution in [-0.4, -0.2) is 48.4 Å². The van der Waals surface area contributed by atoms with Gasteiger partial charge < -0.3 is 10.2 Å². The monoisotopic (exact) mass is 479 g/mol. The highest BCUT2D eigenvalue weighted by molar-refractivity contribution is 7.90. The third-order valence-corrected chi connectivity index (χ3v) is 7.35. The SMILES string of the molecule is Cc1ccccc1-n1ncc(C(=O)Nc2cccc(S(=O)(=O)/N=C3\CCCCCN3C)c2)c1C.